The Hall–Kier alpha value is 0.359. The fourth-order valence-electron chi connectivity index (χ4n) is 3.76. The number of carbonyl (C=O) groups excluding carboxylic acids is 4. The molecule has 0 saturated carbocycles. The molecular formula is C32H60O4S4Sn. The van der Waals surface area contributed by atoms with Gasteiger partial charge in [-0.25, -0.2) is 0 Å². The zero-order valence-electron chi connectivity index (χ0n) is 27.4. The molecule has 0 heterocycles. The molecule has 0 fully saturated rings. The Bertz CT molecular complexity index is 517. The van der Waals surface area contributed by atoms with Gasteiger partial charge in [0.05, 0.1) is 0 Å². The molecule has 0 spiro atoms. The number of rotatable bonds is 20. The van der Waals surface area contributed by atoms with Crippen LogP contribution in [0.25, 0.3) is 0 Å². The van der Waals surface area contributed by atoms with Crippen LogP contribution < -0.4 is 0 Å². The molecule has 240 valence electrons. The second kappa shape index (κ2) is 38.4. The van der Waals surface area contributed by atoms with Crippen molar-refractivity contribution in [1.29, 1.82) is 0 Å². The van der Waals surface area contributed by atoms with Crippen LogP contribution in [-0.4, -0.2) is 44.4 Å². The van der Waals surface area contributed by atoms with Crippen molar-refractivity contribution in [2.75, 3.05) is 0 Å². The van der Waals surface area contributed by atoms with E-state index in [0.717, 1.165) is 103 Å². The van der Waals surface area contributed by atoms with Crippen molar-refractivity contribution in [2.24, 2.45) is 23.7 Å². The van der Waals surface area contributed by atoms with Gasteiger partial charge in [0.2, 0.25) is 0 Å². The summed E-state index contributed by atoms with van der Waals surface area (Å²) >= 11 is 18.3. The molecule has 0 aliphatic heterocycles. The van der Waals surface area contributed by atoms with Crippen molar-refractivity contribution in [3.63, 3.8) is 0 Å². The summed E-state index contributed by atoms with van der Waals surface area (Å²) in [5.74, 6) is 0.592. The molecule has 41 heavy (non-hydrogen) atoms. The number of unbranched alkanes of at least 4 members (excludes halogenated alkanes) is 4. The molecular weight excluding hydrogens is 695 g/mol. The Balaban J connectivity index is -0.000000139. The van der Waals surface area contributed by atoms with E-state index in [9.17, 15) is 19.2 Å². The minimum absolute atomic E-state index is 0. The molecule has 0 aromatic carbocycles. The van der Waals surface area contributed by atoms with Crippen molar-refractivity contribution in [2.45, 2.75) is 158 Å². The average molecular weight is 756 g/mol. The van der Waals surface area contributed by atoms with E-state index in [2.05, 4.69) is 78.2 Å². The third-order valence-electron chi connectivity index (χ3n) is 6.93. The van der Waals surface area contributed by atoms with Crippen molar-refractivity contribution in [3.8, 4) is 0 Å². The van der Waals surface area contributed by atoms with Gasteiger partial charge in [-0.1, -0.05) is 107 Å². The quantitative estimate of drug-likeness (QED) is 0.0904. The SMILES string of the molecule is CCCCC(CC)C(=O)[S-].CCCCC(CC)C(=O)[S-].CCCCC(CC)C(=O)[S-].CCCCC(CC)C(=O)[S-].[Sn+4]. The van der Waals surface area contributed by atoms with E-state index < -0.39 is 0 Å². The van der Waals surface area contributed by atoms with E-state index >= 15 is 0 Å². The summed E-state index contributed by atoms with van der Waals surface area (Å²) in [4.78, 5) is 42.8. The Morgan fingerprint density at radius 1 is 0.390 bits per heavy atom. The van der Waals surface area contributed by atoms with Crippen molar-refractivity contribution in [1.82, 2.24) is 0 Å². The Morgan fingerprint density at radius 2 is 0.537 bits per heavy atom. The second-order valence-electron chi connectivity index (χ2n) is 10.3. The molecule has 4 unspecified atom stereocenters. The molecule has 4 atom stereocenters. The average Bonchev–Trinajstić information content (AvgIpc) is 2.91. The maximum atomic E-state index is 10.7. The van der Waals surface area contributed by atoms with Gasteiger partial charge in [0.15, 0.2) is 0 Å². The van der Waals surface area contributed by atoms with Crippen LogP contribution in [0, 0.1) is 23.7 Å². The maximum Gasteiger partial charge on any atom is 4.00 e. The number of carbonyl (C=O) groups is 4. The van der Waals surface area contributed by atoms with Crippen LogP contribution in [-0.2, 0) is 69.7 Å². The van der Waals surface area contributed by atoms with Crippen LogP contribution in [0.15, 0.2) is 0 Å². The van der Waals surface area contributed by atoms with Gasteiger partial charge in [-0.2, -0.15) is 0 Å². The maximum absolute atomic E-state index is 10.7. The molecule has 0 aromatic heterocycles. The van der Waals surface area contributed by atoms with Gasteiger partial charge in [-0.3, -0.25) is 0 Å². The van der Waals surface area contributed by atoms with E-state index in [4.69, 9.17) is 0 Å². The van der Waals surface area contributed by atoms with Crippen LogP contribution in [0.4, 0.5) is 0 Å². The topological polar surface area (TPSA) is 68.3 Å². The van der Waals surface area contributed by atoms with Gasteiger partial charge in [0, 0.05) is 20.5 Å². The summed E-state index contributed by atoms with van der Waals surface area (Å²) in [6, 6.07) is 0. The summed E-state index contributed by atoms with van der Waals surface area (Å²) in [6.45, 7) is 16.6. The first-order valence-electron chi connectivity index (χ1n) is 15.7. The molecule has 0 bridgehead atoms. The van der Waals surface area contributed by atoms with Crippen LogP contribution in [0.1, 0.15) is 158 Å². The molecule has 0 aliphatic rings. The van der Waals surface area contributed by atoms with Crippen LogP contribution in [0.5, 0.6) is 0 Å². The van der Waals surface area contributed by atoms with E-state index in [1.165, 1.54) is 0 Å². The largest absolute Gasteiger partial charge is 4.00 e. The molecule has 4 nitrogen and oxygen atoms in total. The van der Waals surface area contributed by atoms with Gasteiger partial charge in [0.1, 0.15) is 0 Å². The first kappa shape index (κ1) is 51.0. The fraction of sp³-hybridized carbons (Fsp3) is 0.875. The third-order valence-corrected chi connectivity index (χ3v) is 8.26. The number of hydrogen-bond donors (Lipinski definition) is 0. The molecule has 0 saturated heterocycles. The van der Waals surface area contributed by atoms with E-state index in [0.29, 0.717) is 0 Å². The van der Waals surface area contributed by atoms with Gasteiger partial charge < -0.3 is 69.7 Å². The predicted octanol–water partition coefficient (Wildman–Crippen LogP) is 8.72. The third kappa shape index (κ3) is 36.5. The number of hydrogen-bond acceptors (Lipinski definition) is 8. The first-order chi connectivity index (χ1) is 18.9. The monoisotopic (exact) mass is 756 g/mol. The zero-order chi connectivity index (χ0) is 31.9. The Morgan fingerprint density at radius 3 is 0.610 bits per heavy atom. The van der Waals surface area contributed by atoms with E-state index in [1.807, 2.05) is 27.7 Å². The molecule has 0 amide bonds. The summed E-state index contributed by atoms with van der Waals surface area (Å²) in [6.07, 6.45) is 16.7. The van der Waals surface area contributed by atoms with Crippen molar-refractivity contribution in [3.05, 3.63) is 0 Å². The van der Waals surface area contributed by atoms with Crippen molar-refractivity contribution < 1.29 is 19.2 Å². The second-order valence-corrected chi connectivity index (χ2v) is 11.9. The van der Waals surface area contributed by atoms with Crippen LogP contribution >= 0.6 is 0 Å². The summed E-state index contributed by atoms with van der Waals surface area (Å²) in [5.41, 5.74) is 0. The van der Waals surface area contributed by atoms with Crippen LogP contribution in [0.2, 0.25) is 0 Å². The molecule has 0 rings (SSSR count). The van der Waals surface area contributed by atoms with Gasteiger partial charge in [0.25, 0.3) is 0 Å². The Labute approximate surface area is 293 Å². The van der Waals surface area contributed by atoms with Gasteiger partial charge in [-0.05, 0) is 75.0 Å². The van der Waals surface area contributed by atoms with Crippen molar-refractivity contribution >= 4 is 94.9 Å². The van der Waals surface area contributed by atoms with E-state index in [1.54, 1.807) is 0 Å². The molecule has 0 aliphatic carbocycles. The Kier molecular flexibility index (Phi) is 47.7. The van der Waals surface area contributed by atoms with E-state index in [-0.39, 0.29) is 68.0 Å². The minimum Gasteiger partial charge on any atom is -0.742 e. The summed E-state index contributed by atoms with van der Waals surface area (Å²) in [7, 11) is 0. The normalized spacial score (nSPS) is 12.7. The predicted molar refractivity (Wildman–Crippen MR) is 188 cm³/mol. The van der Waals surface area contributed by atoms with Gasteiger partial charge >= 0.3 is 23.9 Å². The zero-order valence-corrected chi connectivity index (χ0v) is 33.5. The standard InChI is InChI=1S/4C8H16OS.Sn/c4*1-3-5-6-7(4-2)8(9)10;/h4*7H,3-6H2,1-2H3,(H,9,10);/q;;;;+4/p-4. The molecule has 0 aromatic rings. The first-order valence-corrected chi connectivity index (χ1v) is 17.3. The van der Waals surface area contributed by atoms with Crippen LogP contribution in [0.3, 0.4) is 0 Å². The molecule has 0 radical (unpaired) electrons. The smallest absolute Gasteiger partial charge is 0.742 e. The minimum atomic E-state index is -0.0593. The summed E-state index contributed by atoms with van der Waals surface area (Å²) in [5, 5.41) is -0.237. The fourth-order valence-corrected chi connectivity index (χ4v) is 4.89. The molecule has 9 heteroatoms. The molecule has 0 N–H and O–H groups in total. The van der Waals surface area contributed by atoms with Gasteiger partial charge in [-0.15, -0.1) is 0 Å². The summed E-state index contributed by atoms with van der Waals surface area (Å²) < 4.78 is 0.